The molecule has 2 atom stereocenters. The molecule has 2 unspecified atom stereocenters. The van der Waals surface area contributed by atoms with Crippen LogP contribution < -0.4 is 10.6 Å². The molecular weight excluding hydrogens is 232 g/mol. The second kappa shape index (κ2) is 6.39. The fourth-order valence-electron chi connectivity index (χ4n) is 2.31. The molecule has 1 heterocycles. The predicted molar refractivity (Wildman–Crippen MR) is 73.5 cm³/mol. The van der Waals surface area contributed by atoms with Gasteiger partial charge in [-0.05, 0) is 44.0 Å². The van der Waals surface area contributed by atoms with E-state index >= 15 is 0 Å². The first-order chi connectivity index (χ1) is 8.25. The molecule has 0 aliphatic carbocycles. The van der Waals surface area contributed by atoms with Crippen molar-refractivity contribution in [2.24, 2.45) is 0 Å². The largest absolute Gasteiger partial charge is 0.313 e. The summed E-state index contributed by atoms with van der Waals surface area (Å²) in [6, 6.07) is 9.07. The summed E-state index contributed by atoms with van der Waals surface area (Å²) < 4.78 is 0. The van der Waals surface area contributed by atoms with Crippen LogP contribution in [0.2, 0.25) is 5.02 Å². The highest BCUT2D eigenvalue weighted by Crippen LogP contribution is 2.17. The van der Waals surface area contributed by atoms with Crippen molar-refractivity contribution < 1.29 is 0 Å². The quantitative estimate of drug-likeness (QED) is 0.860. The lowest BCUT2D eigenvalue weighted by Gasteiger charge is -2.25. The smallest absolute Gasteiger partial charge is 0.0409 e. The van der Waals surface area contributed by atoms with Gasteiger partial charge in [0.1, 0.15) is 0 Å². The summed E-state index contributed by atoms with van der Waals surface area (Å²) in [7, 11) is 0. The van der Waals surface area contributed by atoms with Gasteiger partial charge in [0, 0.05) is 23.7 Å². The average molecular weight is 253 g/mol. The number of rotatable bonds is 4. The zero-order chi connectivity index (χ0) is 12.1. The van der Waals surface area contributed by atoms with Crippen molar-refractivity contribution >= 4 is 11.6 Å². The Morgan fingerprint density at radius 1 is 1.47 bits per heavy atom. The van der Waals surface area contributed by atoms with Gasteiger partial charge in [0.2, 0.25) is 0 Å². The van der Waals surface area contributed by atoms with Gasteiger partial charge in [-0.25, -0.2) is 0 Å². The molecule has 1 saturated heterocycles. The van der Waals surface area contributed by atoms with E-state index in [2.05, 4.69) is 23.6 Å². The van der Waals surface area contributed by atoms with E-state index in [4.69, 9.17) is 11.6 Å². The number of benzene rings is 1. The Morgan fingerprint density at radius 3 is 3.06 bits per heavy atom. The van der Waals surface area contributed by atoms with Crippen LogP contribution >= 0.6 is 11.6 Å². The Kier molecular flexibility index (Phi) is 4.84. The van der Waals surface area contributed by atoms with Crippen molar-refractivity contribution in [3.05, 3.63) is 34.9 Å². The summed E-state index contributed by atoms with van der Waals surface area (Å²) in [4.78, 5) is 0. The standard InChI is InChI=1S/C14H21ClN2/c1-11(12-5-4-6-13(15)9-12)17-10-14-7-2-3-8-16-14/h4-6,9,11,14,16-17H,2-3,7-8,10H2,1H3. The van der Waals surface area contributed by atoms with Crippen LogP contribution in [0.1, 0.15) is 37.8 Å². The molecule has 3 heteroatoms. The molecule has 0 saturated carbocycles. The molecule has 1 aliphatic heterocycles. The summed E-state index contributed by atoms with van der Waals surface area (Å²) in [5.74, 6) is 0. The summed E-state index contributed by atoms with van der Waals surface area (Å²) in [5, 5.41) is 7.94. The van der Waals surface area contributed by atoms with E-state index < -0.39 is 0 Å². The van der Waals surface area contributed by atoms with Gasteiger partial charge < -0.3 is 10.6 Å². The highest BCUT2D eigenvalue weighted by atomic mass is 35.5. The molecule has 17 heavy (non-hydrogen) atoms. The van der Waals surface area contributed by atoms with Gasteiger partial charge in [0.05, 0.1) is 0 Å². The van der Waals surface area contributed by atoms with Crippen LogP contribution in [-0.4, -0.2) is 19.1 Å². The van der Waals surface area contributed by atoms with Crippen LogP contribution in [-0.2, 0) is 0 Å². The van der Waals surface area contributed by atoms with E-state index in [1.165, 1.54) is 24.8 Å². The Bertz CT molecular complexity index is 348. The van der Waals surface area contributed by atoms with E-state index in [0.29, 0.717) is 12.1 Å². The molecule has 0 radical (unpaired) electrons. The minimum atomic E-state index is 0.359. The van der Waals surface area contributed by atoms with Crippen molar-refractivity contribution in [3.63, 3.8) is 0 Å². The van der Waals surface area contributed by atoms with Crippen molar-refractivity contribution in [1.29, 1.82) is 0 Å². The molecule has 94 valence electrons. The maximum Gasteiger partial charge on any atom is 0.0409 e. The first kappa shape index (κ1) is 12.9. The molecule has 1 fully saturated rings. The fourth-order valence-corrected chi connectivity index (χ4v) is 2.51. The zero-order valence-corrected chi connectivity index (χ0v) is 11.1. The van der Waals surface area contributed by atoms with Crippen molar-refractivity contribution in [2.75, 3.05) is 13.1 Å². The second-order valence-corrected chi connectivity index (χ2v) is 5.27. The van der Waals surface area contributed by atoms with Gasteiger partial charge in [-0.15, -0.1) is 0 Å². The first-order valence-corrected chi connectivity index (χ1v) is 6.86. The number of halogens is 1. The highest BCUT2D eigenvalue weighted by Gasteiger charge is 2.13. The van der Waals surface area contributed by atoms with Gasteiger partial charge in [-0.1, -0.05) is 30.2 Å². The van der Waals surface area contributed by atoms with E-state index in [1.807, 2.05) is 18.2 Å². The number of nitrogens with one attached hydrogen (secondary N) is 2. The summed E-state index contributed by atoms with van der Waals surface area (Å²) in [6.45, 7) is 4.39. The van der Waals surface area contributed by atoms with E-state index in [0.717, 1.165) is 18.1 Å². The molecule has 0 spiro atoms. The first-order valence-electron chi connectivity index (χ1n) is 6.48. The molecule has 2 nitrogen and oxygen atoms in total. The van der Waals surface area contributed by atoms with Gasteiger partial charge in [0.15, 0.2) is 0 Å². The van der Waals surface area contributed by atoms with Gasteiger partial charge in [-0.2, -0.15) is 0 Å². The Balaban J connectivity index is 1.82. The third kappa shape index (κ3) is 3.98. The lowest BCUT2D eigenvalue weighted by Crippen LogP contribution is -2.42. The maximum absolute atomic E-state index is 6.00. The van der Waals surface area contributed by atoms with E-state index in [9.17, 15) is 0 Å². The topological polar surface area (TPSA) is 24.1 Å². The summed E-state index contributed by atoms with van der Waals surface area (Å²) in [6.07, 6.45) is 3.96. The minimum Gasteiger partial charge on any atom is -0.313 e. The molecule has 2 N–H and O–H groups in total. The minimum absolute atomic E-state index is 0.359. The normalized spacial score (nSPS) is 22.4. The number of hydrogen-bond donors (Lipinski definition) is 2. The molecule has 1 aromatic carbocycles. The van der Waals surface area contributed by atoms with Crippen LogP contribution in [0, 0.1) is 0 Å². The molecule has 1 aliphatic rings. The Morgan fingerprint density at radius 2 is 2.35 bits per heavy atom. The second-order valence-electron chi connectivity index (χ2n) is 4.83. The average Bonchev–Trinajstić information content (AvgIpc) is 2.37. The van der Waals surface area contributed by atoms with Crippen LogP contribution in [0.3, 0.4) is 0 Å². The molecule has 0 amide bonds. The van der Waals surface area contributed by atoms with Crippen LogP contribution in [0.15, 0.2) is 24.3 Å². The Hall–Kier alpha value is -0.570. The zero-order valence-electron chi connectivity index (χ0n) is 10.4. The number of hydrogen-bond acceptors (Lipinski definition) is 2. The predicted octanol–water partition coefficient (Wildman–Crippen LogP) is 3.13. The molecule has 0 aromatic heterocycles. The lowest BCUT2D eigenvalue weighted by molar-refractivity contribution is 0.371. The van der Waals surface area contributed by atoms with Gasteiger partial charge in [0.25, 0.3) is 0 Å². The lowest BCUT2D eigenvalue weighted by atomic mass is 10.0. The maximum atomic E-state index is 6.00. The van der Waals surface area contributed by atoms with Gasteiger partial charge >= 0.3 is 0 Å². The van der Waals surface area contributed by atoms with Crippen LogP contribution in [0.25, 0.3) is 0 Å². The summed E-state index contributed by atoms with van der Waals surface area (Å²) >= 11 is 6.00. The summed E-state index contributed by atoms with van der Waals surface area (Å²) in [5.41, 5.74) is 1.26. The van der Waals surface area contributed by atoms with Crippen LogP contribution in [0.4, 0.5) is 0 Å². The Labute approximate surface area is 109 Å². The third-order valence-corrected chi connectivity index (χ3v) is 3.67. The SMILES string of the molecule is CC(NCC1CCCCN1)c1cccc(Cl)c1. The van der Waals surface area contributed by atoms with Crippen molar-refractivity contribution in [2.45, 2.75) is 38.3 Å². The van der Waals surface area contributed by atoms with E-state index in [-0.39, 0.29) is 0 Å². The molecule has 1 aromatic rings. The van der Waals surface area contributed by atoms with Crippen molar-refractivity contribution in [3.8, 4) is 0 Å². The fraction of sp³-hybridized carbons (Fsp3) is 0.571. The third-order valence-electron chi connectivity index (χ3n) is 3.43. The number of piperidine rings is 1. The molecule has 0 bridgehead atoms. The van der Waals surface area contributed by atoms with Crippen LogP contribution in [0.5, 0.6) is 0 Å². The van der Waals surface area contributed by atoms with E-state index in [1.54, 1.807) is 0 Å². The van der Waals surface area contributed by atoms with Gasteiger partial charge in [-0.3, -0.25) is 0 Å². The monoisotopic (exact) mass is 252 g/mol. The highest BCUT2D eigenvalue weighted by molar-refractivity contribution is 6.30. The molecular formula is C14H21ClN2. The molecule has 2 rings (SSSR count). The van der Waals surface area contributed by atoms with Crippen molar-refractivity contribution in [1.82, 2.24) is 10.6 Å².